The lowest BCUT2D eigenvalue weighted by Gasteiger charge is -2.34. The Morgan fingerprint density at radius 2 is 2.06 bits per heavy atom. The zero-order valence-electron chi connectivity index (χ0n) is 21.3. The van der Waals surface area contributed by atoms with Gasteiger partial charge in [0.25, 0.3) is 5.82 Å². The van der Waals surface area contributed by atoms with Gasteiger partial charge in [0.05, 0.1) is 18.0 Å². The number of azo groups is 1. The number of hydrogen-bond acceptors (Lipinski definition) is 6. The van der Waals surface area contributed by atoms with Gasteiger partial charge in [-0.3, -0.25) is 4.57 Å². The highest BCUT2D eigenvalue weighted by Gasteiger charge is 2.44. The number of anilines is 1. The fourth-order valence-corrected chi connectivity index (χ4v) is 5.18. The van der Waals surface area contributed by atoms with Crippen LogP contribution in [-0.4, -0.2) is 28.7 Å². The van der Waals surface area contributed by atoms with E-state index in [2.05, 4.69) is 60.5 Å². The number of nitrogens with zero attached hydrogens (tertiary/aromatic N) is 6. The summed E-state index contributed by atoms with van der Waals surface area (Å²) in [6.07, 6.45) is 4.20. The summed E-state index contributed by atoms with van der Waals surface area (Å²) in [5.74, 6) is 0.730. The number of unbranched alkanes of at least 4 members (excludes halogenated alkanes) is 1. The van der Waals surface area contributed by atoms with E-state index in [-0.39, 0.29) is 17.8 Å². The minimum absolute atomic E-state index is 0.0487. The topological polar surface area (TPSA) is 68.6 Å². The van der Waals surface area contributed by atoms with Crippen molar-refractivity contribution in [1.82, 2.24) is 9.55 Å². The van der Waals surface area contributed by atoms with E-state index in [1.807, 2.05) is 11.5 Å². The molecule has 2 aliphatic heterocycles. The van der Waals surface area contributed by atoms with E-state index >= 15 is 0 Å². The largest absolute Gasteiger partial charge is 0.367 e. The average molecular weight is 465 g/mol. The molecule has 4 rings (SSSR count). The summed E-state index contributed by atoms with van der Waals surface area (Å²) >= 11 is 0. The normalized spacial score (nSPS) is 18.5. The van der Waals surface area contributed by atoms with Crippen LogP contribution in [-0.2, 0) is 34.8 Å². The first-order chi connectivity index (χ1) is 16.3. The quantitative estimate of drug-likeness (QED) is 0.134. The molecule has 182 valence electrons. The van der Waals surface area contributed by atoms with Gasteiger partial charge in [0.2, 0.25) is 0 Å². The maximum Gasteiger partial charge on any atom is 0.344 e. The Labute approximate surface area is 202 Å². The zero-order chi connectivity index (χ0) is 24.5. The SMILES string of the molecule is [C-]#[N+]c1nc(N=Nc2cc3c4c(c2C)CCCN4C(C)C3(C)C)n(CCCC)c1COOCC. The van der Waals surface area contributed by atoms with Gasteiger partial charge < -0.3 is 9.74 Å². The van der Waals surface area contributed by atoms with Crippen LogP contribution in [0.1, 0.15) is 76.3 Å². The van der Waals surface area contributed by atoms with Crippen molar-refractivity contribution in [2.24, 2.45) is 10.2 Å². The second-order valence-electron chi connectivity index (χ2n) is 9.76. The van der Waals surface area contributed by atoms with Crippen molar-refractivity contribution in [3.8, 4) is 0 Å². The summed E-state index contributed by atoms with van der Waals surface area (Å²) in [5.41, 5.74) is 6.97. The molecule has 0 aliphatic carbocycles. The van der Waals surface area contributed by atoms with E-state index in [9.17, 15) is 0 Å². The van der Waals surface area contributed by atoms with Crippen LogP contribution in [0.15, 0.2) is 16.3 Å². The maximum atomic E-state index is 7.58. The Morgan fingerprint density at radius 1 is 1.26 bits per heavy atom. The third kappa shape index (κ3) is 4.12. The lowest BCUT2D eigenvalue weighted by Crippen LogP contribution is -2.40. The van der Waals surface area contributed by atoms with E-state index in [1.165, 1.54) is 22.4 Å². The van der Waals surface area contributed by atoms with E-state index in [0.29, 0.717) is 30.8 Å². The Kier molecular flexibility index (Phi) is 7.06. The van der Waals surface area contributed by atoms with Crippen LogP contribution in [0.4, 0.5) is 23.1 Å². The number of benzene rings is 1. The predicted octanol–water partition coefficient (Wildman–Crippen LogP) is 6.86. The molecule has 2 aliphatic rings. The van der Waals surface area contributed by atoms with Crippen LogP contribution in [0, 0.1) is 13.5 Å². The highest BCUT2D eigenvalue weighted by molar-refractivity contribution is 5.75. The molecule has 1 unspecified atom stereocenters. The predicted molar refractivity (Wildman–Crippen MR) is 133 cm³/mol. The molecule has 1 atom stereocenters. The van der Waals surface area contributed by atoms with Gasteiger partial charge in [0.15, 0.2) is 0 Å². The molecule has 0 saturated carbocycles. The number of imidazole rings is 1. The van der Waals surface area contributed by atoms with Crippen LogP contribution < -0.4 is 4.90 Å². The molecule has 0 N–H and O–H groups in total. The van der Waals surface area contributed by atoms with Gasteiger partial charge in [0, 0.05) is 30.2 Å². The summed E-state index contributed by atoms with van der Waals surface area (Å²) in [7, 11) is 0. The summed E-state index contributed by atoms with van der Waals surface area (Å²) in [6.45, 7) is 23.1. The first kappa shape index (κ1) is 24.4. The average Bonchev–Trinajstić information content (AvgIpc) is 3.26. The molecule has 1 aromatic heterocycles. The molecule has 0 radical (unpaired) electrons. The van der Waals surface area contributed by atoms with Crippen molar-refractivity contribution >= 4 is 23.1 Å². The highest BCUT2D eigenvalue weighted by Crippen LogP contribution is 2.51. The minimum Gasteiger partial charge on any atom is -0.367 e. The molecule has 34 heavy (non-hydrogen) atoms. The standard InChI is InChI=1S/C26H36N6O2/c1-8-10-13-32-22(16-34-33-9-2)24(27-7)28-25(32)30-29-21-15-20-23-19(17(21)3)12-11-14-31(23)18(4)26(20,5)6/h15,18H,8-14,16H2,1-6H3. The Hall–Kier alpha value is -2.76. The van der Waals surface area contributed by atoms with Gasteiger partial charge in [0.1, 0.15) is 6.61 Å². The van der Waals surface area contributed by atoms with Gasteiger partial charge >= 0.3 is 5.95 Å². The molecule has 8 heteroatoms. The molecule has 1 aromatic carbocycles. The fraction of sp³-hybridized carbons (Fsp3) is 0.615. The lowest BCUT2D eigenvalue weighted by molar-refractivity contribution is -0.301. The first-order valence-electron chi connectivity index (χ1n) is 12.4. The number of hydrogen-bond donors (Lipinski definition) is 0. The van der Waals surface area contributed by atoms with Gasteiger partial charge in [-0.25, -0.2) is 9.78 Å². The van der Waals surface area contributed by atoms with Gasteiger partial charge in [-0.1, -0.05) is 43.9 Å². The third-order valence-corrected chi connectivity index (χ3v) is 7.49. The van der Waals surface area contributed by atoms with E-state index < -0.39 is 0 Å². The first-order valence-corrected chi connectivity index (χ1v) is 12.4. The Bertz CT molecular complexity index is 1130. The highest BCUT2D eigenvalue weighted by atomic mass is 17.2. The Balaban J connectivity index is 1.75. The van der Waals surface area contributed by atoms with E-state index in [0.717, 1.165) is 37.9 Å². The molecular weight excluding hydrogens is 428 g/mol. The molecule has 3 heterocycles. The molecule has 0 bridgehead atoms. The van der Waals surface area contributed by atoms with Crippen LogP contribution in [0.5, 0.6) is 0 Å². The van der Waals surface area contributed by atoms with E-state index in [4.69, 9.17) is 21.5 Å². The van der Waals surface area contributed by atoms with Crippen molar-refractivity contribution in [3.05, 3.63) is 39.9 Å². The molecular formula is C26H36N6O2. The Morgan fingerprint density at radius 3 is 2.76 bits per heavy atom. The van der Waals surface area contributed by atoms with Crippen LogP contribution in [0.2, 0.25) is 0 Å². The van der Waals surface area contributed by atoms with Crippen LogP contribution in [0.25, 0.3) is 4.85 Å². The zero-order valence-corrected chi connectivity index (χ0v) is 21.3. The van der Waals surface area contributed by atoms with Crippen molar-refractivity contribution in [2.75, 3.05) is 18.1 Å². The molecule has 0 saturated heterocycles. The van der Waals surface area contributed by atoms with Crippen LogP contribution >= 0.6 is 0 Å². The van der Waals surface area contributed by atoms with E-state index in [1.54, 1.807) is 0 Å². The maximum absolute atomic E-state index is 7.58. The molecule has 0 spiro atoms. The molecule has 8 nitrogen and oxygen atoms in total. The van der Waals surface area contributed by atoms with Crippen molar-refractivity contribution in [1.29, 1.82) is 0 Å². The minimum atomic E-state index is 0.0487. The monoisotopic (exact) mass is 464 g/mol. The fourth-order valence-electron chi connectivity index (χ4n) is 5.18. The van der Waals surface area contributed by atoms with Crippen molar-refractivity contribution < 1.29 is 9.78 Å². The molecule has 0 amide bonds. The van der Waals surface area contributed by atoms with Crippen molar-refractivity contribution in [2.45, 2.75) is 91.8 Å². The van der Waals surface area contributed by atoms with Gasteiger partial charge in [-0.15, -0.1) is 5.11 Å². The molecule has 0 fully saturated rings. The number of aromatic nitrogens is 2. The van der Waals surface area contributed by atoms with Gasteiger partial charge in [-0.2, -0.15) is 0 Å². The van der Waals surface area contributed by atoms with Crippen molar-refractivity contribution in [3.63, 3.8) is 0 Å². The summed E-state index contributed by atoms with van der Waals surface area (Å²) in [5, 5.41) is 9.28. The third-order valence-electron chi connectivity index (χ3n) is 7.49. The lowest BCUT2D eigenvalue weighted by atomic mass is 9.80. The van der Waals surface area contributed by atoms with Gasteiger partial charge in [-0.05, 0) is 62.8 Å². The van der Waals surface area contributed by atoms with Crippen LogP contribution in [0.3, 0.4) is 0 Å². The second-order valence-corrected chi connectivity index (χ2v) is 9.76. The second kappa shape index (κ2) is 9.85. The molecule has 2 aromatic rings. The smallest absolute Gasteiger partial charge is 0.344 e. The summed E-state index contributed by atoms with van der Waals surface area (Å²) < 4.78 is 1.94. The summed E-state index contributed by atoms with van der Waals surface area (Å²) in [6, 6.07) is 2.67. The number of rotatable bonds is 9. The summed E-state index contributed by atoms with van der Waals surface area (Å²) in [4.78, 5) is 21.0.